The van der Waals surface area contributed by atoms with Crippen LogP contribution in [0.1, 0.15) is 61.9 Å². The van der Waals surface area contributed by atoms with Crippen molar-refractivity contribution in [3.63, 3.8) is 0 Å². The quantitative estimate of drug-likeness (QED) is 0.746. The summed E-state index contributed by atoms with van der Waals surface area (Å²) >= 11 is 0. The number of ether oxygens (including phenoxy) is 1. The summed E-state index contributed by atoms with van der Waals surface area (Å²) in [6, 6.07) is 9.93. The number of nitrogens with one attached hydrogen (secondary N) is 1. The van der Waals surface area contributed by atoms with Gasteiger partial charge in [0.05, 0.1) is 0 Å². The molecule has 0 spiro atoms. The average Bonchev–Trinajstić information content (AvgIpc) is 2.63. The zero-order valence-electron chi connectivity index (χ0n) is 16.8. The van der Waals surface area contributed by atoms with Crippen molar-refractivity contribution < 1.29 is 9.53 Å². The number of aromatic nitrogens is 1. The van der Waals surface area contributed by atoms with E-state index in [0.29, 0.717) is 24.8 Å². The van der Waals surface area contributed by atoms with Crippen molar-refractivity contribution in [1.82, 2.24) is 4.98 Å². The van der Waals surface area contributed by atoms with Crippen molar-refractivity contribution in [2.24, 2.45) is 5.73 Å². The van der Waals surface area contributed by atoms with Gasteiger partial charge in [-0.1, -0.05) is 18.2 Å². The Hall–Kier alpha value is -2.82. The third-order valence-corrected chi connectivity index (χ3v) is 5.13. The van der Waals surface area contributed by atoms with Crippen LogP contribution >= 0.6 is 0 Å². The monoisotopic (exact) mass is 380 g/mol. The van der Waals surface area contributed by atoms with E-state index < -0.39 is 0 Å². The minimum absolute atomic E-state index is 0.0939. The molecule has 0 unspecified atom stereocenters. The molecule has 1 amide bonds. The molecule has 0 radical (unpaired) electrons. The molecule has 1 aromatic carbocycles. The van der Waals surface area contributed by atoms with Crippen LogP contribution in [-0.2, 0) is 11.2 Å². The van der Waals surface area contributed by atoms with Crippen molar-refractivity contribution in [3.05, 3.63) is 69.1 Å². The first-order valence-corrected chi connectivity index (χ1v) is 9.76. The lowest BCUT2D eigenvalue weighted by Crippen LogP contribution is -2.32. The van der Waals surface area contributed by atoms with Crippen molar-refractivity contribution in [2.75, 3.05) is 0 Å². The number of rotatable bonds is 6. The molecule has 3 N–H and O–H groups in total. The molecule has 0 saturated carbocycles. The first-order valence-electron chi connectivity index (χ1n) is 9.76. The predicted octanol–water partition coefficient (Wildman–Crippen LogP) is 3.87. The van der Waals surface area contributed by atoms with Crippen LogP contribution in [0.3, 0.4) is 0 Å². The third kappa shape index (κ3) is 4.71. The van der Waals surface area contributed by atoms with Crippen molar-refractivity contribution >= 4 is 11.5 Å². The lowest BCUT2D eigenvalue weighted by atomic mass is 9.91. The first-order chi connectivity index (χ1) is 13.2. The number of unbranched alkanes of at least 4 members (excludes halogenated alkanes) is 1. The summed E-state index contributed by atoms with van der Waals surface area (Å²) in [7, 11) is 0. The SMILES string of the molecule is Cc1ccc(/C(=C/CCCC(N)=O)c2ccc3c(c2)CCC(C)(C)O3)[nH]c1=O. The van der Waals surface area contributed by atoms with Gasteiger partial charge in [-0.3, -0.25) is 9.59 Å². The van der Waals surface area contributed by atoms with Crippen LogP contribution in [-0.4, -0.2) is 16.5 Å². The van der Waals surface area contributed by atoms with Crippen molar-refractivity contribution in [2.45, 2.75) is 58.5 Å². The number of allylic oxidation sites excluding steroid dienone is 1. The van der Waals surface area contributed by atoms with Crippen molar-refractivity contribution in [1.29, 1.82) is 0 Å². The van der Waals surface area contributed by atoms with Gasteiger partial charge in [0.2, 0.25) is 5.91 Å². The van der Waals surface area contributed by atoms with Gasteiger partial charge in [-0.05, 0) is 75.8 Å². The average molecular weight is 380 g/mol. The predicted molar refractivity (Wildman–Crippen MR) is 111 cm³/mol. The summed E-state index contributed by atoms with van der Waals surface area (Å²) in [5.74, 6) is 0.623. The molecular formula is C23H28N2O3. The van der Waals surface area contributed by atoms with Gasteiger partial charge in [-0.25, -0.2) is 0 Å². The number of fused-ring (bicyclic) bond motifs is 1. The largest absolute Gasteiger partial charge is 0.488 e. The maximum Gasteiger partial charge on any atom is 0.251 e. The Balaban J connectivity index is 1.96. The molecule has 5 heteroatoms. The number of hydrogen-bond acceptors (Lipinski definition) is 3. The van der Waals surface area contributed by atoms with Crippen LogP contribution < -0.4 is 16.0 Å². The third-order valence-electron chi connectivity index (χ3n) is 5.13. The zero-order valence-corrected chi connectivity index (χ0v) is 16.8. The number of nitrogens with two attached hydrogens (primary N) is 1. The summed E-state index contributed by atoms with van der Waals surface area (Å²) in [4.78, 5) is 26.1. The lowest BCUT2D eigenvalue weighted by Gasteiger charge is -2.32. The number of H-pyrrole nitrogens is 1. The molecule has 0 saturated heterocycles. The molecule has 5 nitrogen and oxygen atoms in total. The number of amides is 1. The molecule has 0 aliphatic carbocycles. The van der Waals surface area contributed by atoms with Crippen molar-refractivity contribution in [3.8, 4) is 5.75 Å². The van der Waals surface area contributed by atoms with E-state index in [1.54, 1.807) is 6.92 Å². The number of pyridine rings is 1. The smallest absolute Gasteiger partial charge is 0.251 e. The summed E-state index contributed by atoms with van der Waals surface area (Å²) in [5, 5.41) is 0. The highest BCUT2D eigenvalue weighted by atomic mass is 16.5. The molecule has 3 rings (SSSR count). The highest BCUT2D eigenvalue weighted by Crippen LogP contribution is 2.35. The number of benzene rings is 1. The highest BCUT2D eigenvalue weighted by Gasteiger charge is 2.26. The normalized spacial score (nSPS) is 15.6. The maximum atomic E-state index is 12.1. The van der Waals surface area contributed by atoms with E-state index in [0.717, 1.165) is 35.4 Å². The minimum Gasteiger partial charge on any atom is -0.488 e. The molecule has 1 aromatic heterocycles. The molecule has 0 fully saturated rings. The summed E-state index contributed by atoms with van der Waals surface area (Å²) < 4.78 is 6.09. The summed E-state index contributed by atoms with van der Waals surface area (Å²) in [5.41, 5.74) is 9.61. The Kier molecular flexibility index (Phi) is 5.73. The Morgan fingerprint density at radius 2 is 2.07 bits per heavy atom. The molecule has 2 aromatic rings. The first kappa shape index (κ1) is 19.9. The van der Waals surface area contributed by atoms with Crippen LogP contribution in [0.2, 0.25) is 0 Å². The fourth-order valence-corrected chi connectivity index (χ4v) is 3.44. The Labute approximate surface area is 165 Å². The fourth-order valence-electron chi connectivity index (χ4n) is 3.44. The summed E-state index contributed by atoms with van der Waals surface area (Å²) in [6.07, 6.45) is 5.71. The Morgan fingerprint density at radius 1 is 1.29 bits per heavy atom. The maximum absolute atomic E-state index is 12.1. The van der Waals surface area contributed by atoms with Gasteiger partial charge < -0.3 is 15.5 Å². The van der Waals surface area contributed by atoms with E-state index in [-0.39, 0.29) is 17.1 Å². The molecule has 2 heterocycles. The van der Waals surface area contributed by atoms with Gasteiger partial charge in [0.25, 0.3) is 5.56 Å². The number of carbonyl (C=O) groups excluding carboxylic acids is 1. The number of primary amides is 1. The van der Waals surface area contributed by atoms with Gasteiger partial charge in [0.1, 0.15) is 11.4 Å². The van der Waals surface area contributed by atoms with Crippen LogP contribution in [0.25, 0.3) is 5.57 Å². The summed E-state index contributed by atoms with van der Waals surface area (Å²) in [6.45, 7) is 5.99. The second kappa shape index (κ2) is 8.05. The van der Waals surface area contributed by atoms with E-state index in [9.17, 15) is 9.59 Å². The van der Waals surface area contributed by atoms with E-state index in [1.165, 1.54) is 5.56 Å². The van der Waals surface area contributed by atoms with Gasteiger partial charge in [-0.15, -0.1) is 0 Å². The molecule has 0 bridgehead atoms. The Morgan fingerprint density at radius 3 is 2.79 bits per heavy atom. The standard InChI is InChI=1S/C23H28N2O3/c1-15-8-10-19(25-22(15)27)18(6-4-5-7-21(24)26)16-9-11-20-17(14-16)12-13-23(2,3)28-20/h6,8-11,14H,4-5,7,12-13H2,1-3H3,(H2,24,26)(H,25,27)/b18-6+. The van der Waals surface area contributed by atoms with Gasteiger partial charge in [-0.2, -0.15) is 0 Å². The second-order valence-electron chi connectivity index (χ2n) is 8.04. The van der Waals surface area contributed by atoms with Gasteiger partial charge in [0, 0.05) is 23.3 Å². The highest BCUT2D eigenvalue weighted by molar-refractivity contribution is 5.79. The molecule has 148 valence electrons. The fraction of sp³-hybridized carbons (Fsp3) is 0.391. The Bertz CT molecular complexity index is 970. The van der Waals surface area contributed by atoms with Crippen LogP contribution in [0.5, 0.6) is 5.75 Å². The molecule has 0 atom stereocenters. The van der Waals surface area contributed by atoms with E-state index >= 15 is 0 Å². The molecular weight excluding hydrogens is 352 g/mol. The van der Waals surface area contributed by atoms with Crippen LogP contribution in [0, 0.1) is 6.92 Å². The van der Waals surface area contributed by atoms with Gasteiger partial charge in [0.15, 0.2) is 0 Å². The van der Waals surface area contributed by atoms with Crippen LogP contribution in [0.15, 0.2) is 41.2 Å². The van der Waals surface area contributed by atoms with E-state index in [2.05, 4.69) is 31.0 Å². The number of aromatic amines is 1. The zero-order chi connectivity index (χ0) is 20.3. The molecule has 28 heavy (non-hydrogen) atoms. The second-order valence-corrected chi connectivity index (χ2v) is 8.04. The van der Waals surface area contributed by atoms with Gasteiger partial charge >= 0.3 is 0 Å². The minimum atomic E-state index is -0.299. The molecule has 1 aliphatic rings. The number of carbonyl (C=O) groups is 1. The lowest BCUT2D eigenvalue weighted by molar-refractivity contribution is -0.118. The molecule has 1 aliphatic heterocycles. The number of hydrogen-bond donors (Lipinski definition) is 2. The van der Waals surface area contributed by atoms with E-state index in [1.807, 2.05) is 24.3 Å². The topological polar surface area (TPSA) is 85.2 Å². The van der Waals surface area contributed by atoms with Crippen LogP contribution in [0.4, 0.5) is 0 Å². The van der Waals surface area contributed by atoms with E-state index in [4.69, 9.17) is 10.5 Å². The number of aryl methyl sites for hydroxylation is 2.